The van der Waals surface area contributed by atoms with Crippen LogP contribution in [0.3, 0.4) is 0 Å². The second-order valence-electron chi connectivity index (χ2n) is 3.64. The highest BCUT2D eigenvalue weighted by Crippen LogP contribution is 2.24. The fourth-order valence-corrected chi connectivity index (χ4v) is 1.50. The van der Waals surface area contributed by atoms with Gasteiger partial charge < -0.3 is 10.5 Å². The lowest BCUT2D eigenvalue weighted by Gasteiger charge is -2.09. The molecule has 2 aromatic carbocycles. The predicted octanol–water partition coefficient (Wildman–Crippen LogP) is 1.66. The summed E-state index contributed by atoms with van der Waals surface area (Å²) in [6.07, 6.45) is 0. The molecule has 0 aliphatic carbocycles. The molecule has 0 heterocycles. The Balaban J connectivity index is 2.27. The number of rotatable bonds is 3. The van der Waals surface area contributed by atoms with E-state index in [1.807, 2.05) is 35.8 Å². The molecule has 0 bridgehead atoms. The van der Waals surface area contributed by atoms with Crippen LogP contribution in [0, 0.1) is 0 Å². The molecule has 2 aromatic rings. The van der Waals surface area contributed by atoms with Crippen molar-refractivity contribution in [1.29, 1.82) is 0 Å². The Bertz CT molecular complexity index is 555. The maximum absolute atomic E-state index is 11.5. The summed E-state index contributed by atoms with van der Waals surface area (Å²) in [5, 5.41) is 0. The zero-order chi connectivity index (χ0) is 13.0. The molecular weight excluding hydrogens is 230 g/mol. The molecule has 0 aliphatic heterocycles. The number of benzene rings is 2. The van der Waals surface area contributed by atoms with Crippen molar-refractivity contribution in [2.75, 3.05) is 5.73 Å². The lowest BCUT2D eigenvalue weighted by atomic mass is 10.1. The highest BCUT2D eigenvalue weighted by Gasteiger charge is 2.09. The van der Waals surface area contributed by atoms with Crippen LogP contribution in [0.4, 0.5) is 5.69 Å². The van der Waals surface area contributed by atoms with Gasteiger partial charge in [0.05, 0.1) is 5.56 Å². The second kappa shape index (κ2) is 5.20. The van der Waals surface area contributed by atoms with Gasteiger partial charge in [0.15, 0.2) is 0 Å². The van der Waals surface area contributed by atoms with Crippen LogP contribution in [0.2, 0.25) is 0 Å². The normalized spacial score (nSPS) is 9.83. The molecule has 0 aromatic heterocycles. The van der Waals surface area contributed by atoms with Gasteiger partial charge in [-0.05, 0) is 30.3 Å². The lowest BCUT2D eigenvalue weighted by Crippen LogP contribution is -2.30. The van der Waals surface area contributed by atoms with E-state index in [2.05, 4.69) is 0 Å². The van der Waals surface area contributed by atoms with Crippen LogP contribution in [0.25, 0.3) is 0 Å². The van der Waals surface area contributed by atoms with Crippen LogP contribution in [-0.4, -0.2) is 5.91 Å². The van der Waals surface area contributed by atoms with Crippen molar-refractivity contribution in [3.05, 3.63) is 54.1 Å². The van der Waals surface area contributed by atoms with E-state index in [0.29, 0.717) is 17.2 Å². The van der Waals surface area contributed by atoms with Crippen LogP contribution >= 0.6 is 0 Å². The Hall–Kier alpha value is -2.53. The van der Waals surface area contributed by atoms with Crippen molar-refractivity contribution >= 4 is 11.6 Å². The van der Waals surface area contributed by atoms with Crippen LogP contribution in [-0.2, 0) is 0 Å². The van der Waals surface area contributed by atoms with Crippen molar-refractivity contribution < 1.29 is 9.53 Å². The minimum absolute atomic E-state index is 0.283. The number of hydrogen-bond acceptors (Lipinski definition) is 4. The van der Waals surface area contributed by atoms with E-state index in [1.54, 1.807) is 18.2 Å². The van der Waals surface area contributed by atoms with Crippen LogP contribution in [0.1, 0.15) is 10.4 Å². The summed E-state index contributed by atoms with van der Waals surface area (Å²) < 4.78 is 5.59. The van der Waals surface area contributed by atoms with E-state index >= 15 is 0 Å². The Labute approximate surface area is 104 Å². The fraction of sp³-hybridized carbons (Fsp3) is 0. The number of carbonyl (C=O) groups excluding carboxylic acids is 1. The number of nitrogens with two attached hydrogens (primary N) is 2. The highest BCUT2D eigenvalue weighted by atomic mass is 16.5. The van der Waals surface area contributed by atoms with Crippen molar-refractivity contribution in [2.24, 2.45) is 5.84 Å². The number of nitrogens with one attached hydrogen (secondary N) is 1. The molecule has 2 rings (SSSR count). The van der Waals surface area contributed by atoms with Crippen LogP contribution < -0.4 is 21.7 Å². The molecule has 0 unspecified atom stereocenters. The van der Waals surface area contributed by atoms with Crippen molar-refractivity contribution in [2.45, 2.75) is 0 Å². The molecule has 18 heavy (non-hydrogen) atoms. The van der Waals surface area contributed by atoms with Crippen LogP contribution in [0.5, 0.6) is 11.5 Å². The van der Waals surface area contributed by atoms with Gasteiger partial charge in [0, 0.05) is 5.69 Å². The molecular formula is C13H13N3O2. The summed E-state index contributed by atoms with van der Waals surface area (Å²) in [5.41, 5.74) is 8.36. The van der Waals surface area contributed by atoms with Gasteiger partial charge in [-0.15, -0.1) is 0 Å². The molecule has 5 nitrogen and oxygen atoms in total. The number of nitrogen functional groups attached to an aromatic ring is 2. The molecule has 0 saturated carbocycles. The average molecular weight is 243 g/mol. The summed E-state index contributed by atoms with van der Waals surface area (Å²) in [6.45, 7) is 0. The Morgan fingerprint density at radius 2 is 1.78 bits per heavy atom. The number of amides is 1. The molecule has 0 fully saturated rings. The molecule has 5 heteroatoms. The van der Waals surface area contributed by atoms with E-state index in [1.165, 1.54) is 0 Å². The Kier molecular flexibility index (Phi) is 3.45. The topological polar surface area (TPSA) is 90.4 Å². The fourth-order valence-electron chi connectivity index (χ4n) is 1.50. The summed E-state index contributed by atoms with van der Waals surface area (Å²) >= 11 is 0. The predicted molar refractivity (Wildman–Crippen MR) is 69.0 cm³/mol. The van der Waals surface area contributed by atoms with Gasteiger partial charge in [0.1, 0.15) is 11.5 Å². The largest absolute Gasteiger partial charge is 0.457 e. The SMILES string of the molecule is NNC(=O)c1cc(Oc2ccccc2)ccc1N. The molecule has 1 amide bonds. The summed E-state index contributed by atoms with van der Waals surface area (Å²) in [5.74, 6) is 5.83. The summed E-state index contributed by atoms with van der Waals surface area (Å²) in [7, 11) is 0. The molecule has 92 valence electrons. The lowest BCUT2D eigenvalue weighted by molar-refractivity contribution is 0.0954. The molecule has 0 radical (unpaired) electrons. The monoisotopic (exact) mass is 243 g/mol. The Morgan fingerprint density at radius 3 is 2.44 bits per heavy atom. The van der Waals surface area contributed by atoms with E-state index < -0.39 is 5.91 Å². The smallest absolute Gasteiger partial charge is 0.267 e. The van der Waals surface area contributed by atoms with Gasteiger partial charge in [0.2, 0.25) is 0 Å². The van der Waals surface area contributed by atoms with E-state index in [9.17, 15) is 4.79 Å². The zero-order valence-corrected chi connectivity index (χ0v) is 9.59. The third-order valence-corrected chi connectivity index (χ3v) is 2.38. The number of hydrazine groups is 1. The maximum Gasteiger partial charge on any atom is 0.267 e. The van der Waals surface area contributed by atoms with Crippen molar-refractivity contribution in [3.63, 3.8) is 0 Å². The first-order valence-electron chi connectivity index (χ1n) is 5.34. The van der Waals surface area contributed by atoms with Gasteiger partial charge in [-0.3, -0.25) is 10.2 Å². The van der Waals surface area contributed by atoms with Gasteiger partial charge in [0.25, 0.3) is 5.91 Å². The first kappa shape index (κ1) is 11.9. The van der Waals surface area contributed by atoms with Crippen molar-refractivity contribution in [1.82, 2.24) is 5.43 Å². The highest BCUT2D eigenvalue weighted by molar-refractivity contribution is 5.99. The van der Waals surface area contributed by atoms with Crippen molar-refractivity contribution in [3.8, 4) is 11.5 Å². The number of ether oxygens (including phenoxy) is 1. The molecule has 0 spiro atoms. The quantitative estimate of drug-likeness (QED) is 0.331. The third-order valence-electron chi connectivity index (χ3n) is 2.38. The van der Waals surface area contributed by atoms with Gasteiger partial charge in [-0.2, -0.15) is 0 Å². The third kappa shape index (κ3) is 2.58. The molecule has 0 aliphatic rings. The standard InChI is InChI=1S/C13H13N3O2/c14-12-7-6-10(8-11(12)13(17)16-15)18-9-4-2-1-3-5-9/h1-8H,14-15H2,(H,16,17). The van der Waals surface area contributed by atoms with E-state index in [-0.39, 0.29) is 5.56 Å². The number of hydrogen-bond donors (Lipinski definition) is 3. The minimum atomic E-state index is -0.453. The second-order valence-corrected chi connectivity index (χ2v) is 3.64. The first-order valence-corrected chi connectivity index (χ1v) is 5.34. The molecule has 0 atom stereocenters. The van der Waals surface area contributed by atoms with Gasteiger partial charge in [-0.25, -0.2) is 5.84 Å². The van der Waals surface area contributed by atoms with Gasteiger partial charge >= 0.3 is 0 Å². The molecule has 5 N–H and O–H groups in total. The van der Waals surface area contributed by atoms with Crippen LogP contribution in [0.15, 0.2) is 48.5 Å². The summed E-state index contributed by atoms with van der Waals surface area (Å²) in [6, 6.07) is 14.1. The average Bonchev–Trinajstić information content (AvgIpc) is 2.41. The number of para-hydroxylation sites is 1. The Morgan fingerprint density at radius 1 is 1.06 bits per heavy atom. The van der Waals surface area contributed by atoms with Gasteiger partial charge in [-0.1, -0.05) is 18.2 Å². The maximum atomic E-state index is 11.5. The zero-order valence-electron chi connectivity index (χ0n) is 9.59. The number of anilines is 1. The van der Waals surface area contributed by atoms with E-state index in [4.69, 9.17) is 16.3 Å². The first-order chi connectivity index (χ1) is 8.70. The van der Waals surface area contributed by atoms with E-state index in [0.717, 1.165) is 0 Å². The number of carbonyl (C=O) groups is 1. The summed E-state index contributed by atoms with van der Waals surface area (Å²) in [4.78, 5) is 11.5. The molecule has 0 saturated heterocycles. The minimum Gasteiger partial charge on any atom is -0.457 e.